The quantitative estimate of drug-likeness (QED) is 0.474. The van der Waals surface area contributed by atoms with Crippen LogP contribution >= 0.6 is 0 Å². The zero-order valence-corrected chi connectivity index (χ0v) is 19.3. The molecule has 6 nitrogen and oxygen atoms in total. The largest absolute Gasteiger partial charge is 0.489 e. The van der Waals surface area contributed by atoms with Gasteiger partial charge >= 0.3 is 5.97 Å². The normalized spacial score (nSPS) is 14.3. The van der Waals surface area contributed by atoms with Crippen molar-refractivity contribution in [2.75, 3.05) is 31.1 Å². The highest BCUT2D eigenvalue weighted by atomic mass is 16.5. The fraction of sp³-hybridized carbons (Fsp3) is 0.333. The van der Waals surface area contributed by atoms with Crippen molar-refractivity contribution in [2.24, 2.45) is 0 Å². The summed E-state index contributed by atoms with van der Waals surface area (Å²) in [6, 6.07) is 22.0. The molecule has 1 saturated heterocycles. The van der Waals surface area contributed by atoms with E-state index in [0.29, 0.717) is 18.0 Å². The van der Waals surface area contributed by atoms with Crippen molar-refractivity contribution >= 4 is 11.8 Å². The lowest BCUT2D eigenvalue weighted by atomic mass is 10.1. The fourth-order valence-corrected chi connectivity index (χ4v) is 3.96. The number of para-hydroxylation sites is 1. The SMILES string of the molecule is CC(C)OC(=O)c1cccnc1N1CCN(Cc2ccccc2OCc2ccccc2)CC1. The van der Waals surface area contributed by atoms with Crippen molar-refractivity contribution in [1.29, 1.82) is 0 Å². The molecule has 1 aliphatic heterocycles. The van der Waals surface area contributed by atoms with E-state index in [9.17, 15) is 4.79 Å². The molecule has 0 amide bonds. The van der Waals surface area contributed by atoms with Crippen molar-refractivity contribution in [1.82, 2.24) is 9.88 Å². The van der Waals surface area contributed by atoms with Crippen molar-refractivity contribution in [3.05, 3.63) is 89.6 Å². The van der Waals surface area contributed by atoms with E-state index in [4.69, 9.17) is 9.47 Å². The highest BCUT2D eigenvalue weighted by molar-refractivity contribution is 5.94. The van der Waals surface area contributed by atoms with E-state index < -0.39 is 0 Å². The van der Waals surface area contributed by atoms with Crippen LogP contribution in [0.15, 0.2) is 72.9 Å². The lowest BCUT2D eigenvalue weighted by Crippen LogP contribution is -2.46. The van der Waals surface area contributed by atoms with E-state index in [1.54, 1.807) is 18.3 Å². The summed E-state index contributed by atoms with van der Waals surface area (Å²) in [5.41, 5.74) is 2.86. The Kier molecular flexibility index (Phi) is 7.58. The summed E-state index contributed by atoms with van der Waals surface area (Å²) in [5, 5.41) is 0. The maximum atomic E-state index is 12.5. The number of esters is 1. The van der Waals surface area contributed by atoms with Crippen LogP contribution < -0.4 is 9.64 Å². The van der Waals surface area contributed by atoms with Gasteiger partial charge in [-0.25, -0.2) is 9.78 Å². The Morgan fingerprint density at radius 3 is 2.42 bits per heavy atom. The van der Waals surface area contributed by atoms with E-state index in [0.717, 1.165) is 44.0 Å². The van der Waals surface area contributed by atoms with Crippen LogP contribution in [0.2, 0.25) is 0 Å². The molecule has 172 valence electrons. The summed E-state index contributed by atoms with van der Waals surface area (Å²) in [6.45, 7) is 8.44. The molecule has 2 aromatic carbocycles. The van der Waals surface area contributed by atoms with Crippen molar-refractivity contribution < 1.29 is 14.3 Å². The lowest BCUT2D eigenvalue weighted by Gasteiger charge is -2.36. The van der Waals surface area contributed by atoms with Gasteiger partial charge in [0.25, 0.3) is 0 Å². The predicted molar refractivity (Wildman–Crippen MR) is 129 cm³/mol. The molecule has 3 aromatic rings. The molecule has 0 atom stereocenters. The number of nitrogens with zero attached hydrogens (tertiary/aromatic N) is 3. The van der Waals surface area contributed by atoms with Gasteiger partial charge in [-0.2, -0.15) is 0 Å². The Morgan fingerprint density at radius 2 is 1.67 bits per heavy atom. The van der Waals surface area contributed by atoms with Crippen LogP contribution in [0.25, 0.3) is 0 Å². The summed E-state index contributed by atoms with van der Waals surface area (Å²) in [7, 11) is 0. The van der Waals surface area contributed by atoms with Crippen LogP contribution in [-0.2, 0) is 17.9 Å². The minimum atomic E-state index is -0.319. The molecule has 6 heteroatoms. The van der Waals surface area contributed by atoms with E-state index >= 15 is 0 Å². The third-order valence-corrected chi connectivity index (χ3v) is 5.62. The number of hydrogen-bond acceptors (Lipinski definition) is 6. The molecule has 0 saturated carbocycles. The van der Waals surface area contributed by atoms with Crippen LogP contribution in [0.5, 0.6) is 5.75 Å². The van der Waals surface area contributed by atoms with Crippen molar-refractivity contribution in [2.45, 2.75) is 33.1 Å². The number of piperazine rings is 1. The van der Waals surface area contributed by atoms with Gasteiger partial charge in [0.1, 0.15) is 23.7 Å². The Labute approximate surface area is 195 Å². The minimum Gasteiger partial charge on any atom is -0.489 e. The second kappa shape index (κ2) is 11.0. The van der Waals surface area contributed by atoms with Gasteiger partial charge in [-0.05, 0) is 37.6 Å². The highest BCUT2D eigenvalue weighted by Gasteiger charge is 2.24. The van der Waals surface area contributed by atoms with Gasteiger partial charge in [-0.1, -0.05) is 48.5 Å². The third kappa shape index (κ3) is 6.11. The van der Waals surface area contributed by atoms with Crippen molar-refractivity contribution in [3.63, 3.8) is 0 Å². The van der Waals surface area contributed by atoms with Gasteiger partial charge in [0.05, 0.1) is 6.10 Å². The molecular weight excluding hydrogens is 414 g/mol. The first-order valence-electron chi connectivity index (χ1n) is 11.5. The molecule has 0 aliphatic carbocycles. The smallest absolute Gasteiger partial charge is 0.342 e. The number of ether oxygens (including phenoxy) is 2. The first kappa shape index (κ1) is 22.8. The summed E-state index contributed by atoms with van der Waals surface area (Å²) >= 11 is 0. The Balaban J connectivity index is 1.37. The number of pyridine rings is 1. The van der Waals surface area contributed by atoms with E-state index in [1.165, 1.54) is 5.56 Å². The molecule has 4 rings (SSSR count). The number of rotatable bonds is 8. The molecule has 0 unspecified atom stereocenters. The van der Waals surface area contributed by atoms with Crippen molar-refractivity contribution in [3.8, 4) is 5.75 Å². The predicted octanol–water partition coefficient (Wildman–Crippen LogP) is 4.55. The van der Waals surface area contributed by atoms with Gasteiger partial charge < -0.3 is 14.4 Å². The zero-order chi connectivity index (χ0) is 23.0. The first-order valence-corrected chi connectivity index (χ1v) is 11.5. The third-order valence-electron chi connectivity index (χ3n) is 5.62. The monoisotopic (exact) mass is 445 g/mol. The summed E-state index contributed by atoms with van der Waals surface area (Å²) in [5.74, 6) is 1.31. The van der Waals surface area contributed by atoms with E-state index in [1.807, 2.05) is 44.2 Å². The summed E-state index contributed by atoms with van der Waals surface area (Å²) in [6.07, 6.45) is 1.57. The maximum absolute atomic E-state index is 12.5. The number of anilines is 1. The van der Waals surface area contributed by atoms with Crippen LogP contribution in [-0.4, -0.2) is 48.1 Å². The van der Waals surface area contributed by atoms with Gasteiger partial charge in [-0.3, -0.25) is 4.90 Å². The number of carbonyl (C=O) groups excluding carboxylic acids is 1. The molecule has 0 N–H and O–H groups in total. The number of hydrogen-bond donors (Lipinski definition) is 0. The Morgan fingerprint density at radius 1 is 0.939 bits per heavy atom. The van der Waals surface area contributed by atoms with Gasteiger partial charge in [0, 0.05) is 44.5 Å². The molecule has 2 heterocycles. The first-order chi connectivity index (χ1) is 16.1. The topological polar surface area (TPSA) is 54.9 Å². The van der Waals surface area contributed by atoms with Crippen LogP contribution in [0.4, 0.5) is 5.82 Å². The van der Waals surface area contributed by atoms with Crippen LogP contribution in [0.3, 0.4) is 0 Å². The summed E-state index contributed by atoms with van der Waals surface area (Å²) in [4.78, 5) is 21.6. The second-order valence-corrected chi connectivity index (χ2v) is 8.47. The number of aromatic nitrogens is 1. The van der Waals surface area contributed by atoms with Crippen LogP contribution in [0.1, 0.15) is 35.3 Å². The fourth-order valence-electron chi connectivity index (χ4n) is 3.96. The molecule has 1 fully saturated rings. The van der Waals surface area contributed by atoms with E-state index in [-0.39, 0.29) is 12.1 Å². The zero-order valence-electron chi connectivity index (χ0n) is 19.3. The molecular formula is C27H31N3O3. The number of benzene rings is 2. The van der Waals surface area contributed by atoms with Crippen LogP contribution in [0, 0.1) is 0 Å². The van der Waals surface area contributed by atoms with Gasteiger partial charge in [0.15, 0.2) is 0 Å². The molecule has 1 aliphatic rings. The Bertz CT molecular complexity index is 1050. The molecule has 0 bridgehead atoms. The minimum absolute atomic E-state index is 0.161. The standard InChI is InChI=1S/C27H31N3O3/c1-21(2)33-27(31)24-12-8-14-28-26(24)30-17-15-29(16-18-30)19-23-11-6-7-13-25(23)32-20-22-9-4-3-5-10-22/h3-14,21H,15-20H2,1-2H3. The summed E-state index contributed by atoms with van der Waals surface area (Å²) < 4.78 is 11.5. The van der Waals surface area contributed by atoms with Gasteiger partial charge in [0.2, 0.25) is 0 Å². The highest BCUT2D eigenvalue weighted by Crippen LogP contribution is 2.24. The Hall–Kier alpha value is -3.38. The molecule has 0 spiro atoms. The lowest BCUT2D eigenvalue weighted by molar-refractivity contribution is 0.0378. The molecule has 1 aromatic heterocycles. The average Bonchev–Trinajstić information content (AvgIpc) is 2.84. The molecule has 33 heavy (non-hydrogen) atoms. The van der Waals surface area contributed by atoms with E-state index in [2.05, 4.69) is 39.0 Å². The molecule has 0 radical (unpaired) electrons. The maximum Gasteiger partial charge on any atom is 0.342 e. The average molecular weight is 446 g/mol. The second-order valence-electron chi connectivity index (χ2n) is 8.47. The van der Waals surface area contributed by atoms with Gasteiger partial charge in [-0.15, -0.1) is 0 Å². The number of carbonyl (C=O) groups is 1.